The second kappa shape index (κ2) is 4.12. The molecule has 0 radical (unpaired) electrons. The Morgan fingerprint density at radius 2 is 1.89 bits per heavy atom. The standard InChI is InChI=1S/C12H13F4NO/c1-18-10-8(2-7(13)3-9(10)14)11(6-17)4-12(15,16)5-11/h2-3H,4-6,17H2,1H3. The Bertz CT molecular complexity index is 467. The average Bonchev–Trinajstić information content (AvgIpc) is 2.24. The fraction of sp³-hybridized carbons (Fsp3) is 0.500. The lowest BCUT2D eigenvalue weighted by atomic mass is 9.62. The third kappa shape index (κ3) is 1.94. The van der Waals surface area contributed by atoms with Crippen LogP contribution >= 0.6 is 0 Å². The van der Waals surface area contributed by atoms with E-state index in [1.54, 1.807) is 0 Å². The van der Waals surface area contributed by atoms with Crippen molar-refractivity contribution in [3.63, 3.8) is 0 Å². The van der Waals surface area contributed by atoms with Crippen LogP contribution in [-0.4, -0.2) is 19.6 Å². The van der Waals surface area contributed by atoms with Gasteiger partial charge in [-0.15, -0.1) is 0 Å². The molecule has 0 amide bonds. The summed E-state index contributed by atoms with van der Waals surface area (Å²) in [5, 5.41) is 0. The van der Waals surface area contributed by atoms with Crippen molar-refractivity contribution in [1.82, 2.24) is 0 Å². The monoisotopic (exact) mass is 263 g/mol. The third-order valence-electron chi connectivity index (χ3n) is 3.37. The van der Waals surface area contributed by atoms with E-state index in [1.165, 1.54) is 7.11 Å². The maximum absolute atomic E-state index is 13.5. The normalized spacial score (nSPS) is 20.3. The smallest absolute Gasteiger partial charge is 0.250 e. The summed E-state index contributed by atoms with van der Waals surface area (Å²) in [5.74, 6) is -4.79. The molecule has 2 rings (SSSR count). The van der Waals surface area contributed by atoms with Gasteiger partial charge in [0.15, 0.2) is 11.6 Å². The van der Waals surface area contributed by atoms with Gasteiger partial charge in [0.05, 0.1) is 7.11 Å². The predicted octanol–water partition coefficient (Wildman–Crippen LogP) is 2.60. The Morgan fingerprint density at radius 3 is 2.33 bits per heavy atom. The van der Waals surface area contributed by atoms with Crippen molar-refractivity contribution in [2.45, 2.75) is 24.2 Å². The molecule has 0 aromatic heterocycles. The van der Waals surface area contributed by atoms with E-state index in [1.807, 2.05) is 0 Å². The third-order valence-corrected chi connectivity index (χ3v) is 3.37. The van der Waals surface area contributed by atoms with Crippen molar-refractivity contribution in [2.75, 3.05) is 13.7 Å². The molecule has 0 bridgehead atoms. The zero-order chi connectivity index (χ0) is 13.6. The number of benzene rings is 1. The van der Waals surface area contributed by atoms with Crippen LogP contribution in [0, 0.1) is 11.6 Å². The fourth-order valence-corrected chi connectivity index (χ4v) is 2.54. The molecule has 0 atom stereocenters. The summed E-state index contributed by atoms with van der Waals surface area (Å²) in [6, 6.07) is 1.67. The van der Waals surface area contributed by atoms with Gasteiger partial charge in [-0.05, 0) is 6.07 Å². The fourth-order valence-electron chi connectivity index (χ4n) is 2.54. The lowest BCUT2D eigenvalue weighted by molar-refractivity contribution is -0.124. The van der Waals surface area contributed by atoms with Crippen LogP contribution in [-0.2, 0) is 5.41 Å². The maximum Gasteiger partial charge on any atom is 0.250 e. The molecule has 0 unspecified atom stereocenters. The van der Waals surface area contributed by atoms with Gasteiger partial charge in [-0.2, -0.15) is 0 Å². The van der Waals surface area contributed by atoms with E-state index >= 15 is 0 Å². The Morgan fingerprint density at radius 1 is 1.28 bits per heavy atom. The summed E-state index contributed by atoms with van der Waals surface area (Å²) in [7, 11) is 1.21. The van der Waals surface area contributed by atoms with Gasteiger partial charge < -0.3 is 10.5 Å². The van der Waals surface area contributed by atoms with Gasteiger partial charge in [-0.1, -0.05) is 0 Å². The van der Waals surface area contributed by atoms with Gasteiger partial charge in [0.25, 0.3) is 0 Å². The molecule has 1 saturated carbocycles. The van der Waals surface area contributed by atoms with Gasteiger partial charge in [0.2, 0.25) is 5.92 Å². The topological polar surface area (TPSA) is 35.2 Å². The van der Waals surface area contributed by atoms with E-state index in [2.05, 4.69) is 0 Å². The molecule has 0 aliphatic heterocycles. The van der Waals surface area contributed by atoms with Gasteiger partial charge >= 0.3 is 0 Å². The first kappa shape index (κ1) is 13.1. The molecule has 100 valence electrons. The highest BCUT2D eigenvalue weighted by molar-refractivity contribution is 5.44. The van der Waals surface area contributed by atoms with Crippen LogP contribution in [0.3, 0.4) is 0 Å². The van der Waals surface area contributed by atoms with Crippen LogP contribution in [0.1, 0.15) is 18.4 Å². The van der Waals surface area contributed by atoms with Crippen LogP contribution in [0.25, 0.3) is 0 Å². The summed E-state index contributed by atoms with van der Waals surface area (Å²) in [6.07, 6.45) is -1.04. The quantitative estimate of drug-likeness (QED) is 0.851. The molecule has 1 fully saturated rings. The van der Waals surface area contributed by atoms with Gasteiger partial charge in [-0.3, -0.25) is 0 Å². The van der Waals surface area contributed by atoms with E-state index in [4.69, 9.17) is 10.5 Å². The highest BCUT2D eigenvalue weighted by atomic mass is 19.3. The maximum atomic E-state index is 13.5. The Labute approximate surface area is 102 Å². The van der Waals surface area contributed by atoms with Crippen LogP contribution in [0.2, 0.25) is 0 Å². The first-order chi connectivity index (χ1) is 8.33. The SMILES string of the molecule is COc1c(F)cc(F)cc1C1(CN)CC(F)(F)C1. The lowest BCUT2D eigenvalue weighted by Gasteiger charge is -2.47. The molecule has 1 aromatic carbocycles. The average molecular weight is 263 g/mol. The number of ether oxygens (including phenoxy) is 1. The Hall–Kier alpha value is -1.30. The lowest BCUT2D eigenvalue weighted by Crippen LogP contribution is -2.54. The molecule has 0 saturated heterocycles. The van der Waals surface area contributed by atoms with Crippen LogP contribution < -0.4 is 10.5 Å². The van der Waals surface area contributed by atoms with Crippen LogP contribution in [0.5, 0.6) is 5.75 Å². The van der Waals surface area contributed by atoms with Gasteiger partial charge in [-0.25, -0.2) is 17.6 Å². The molecule has 0 heterocycles. The Balaban J connectivity index is 2.50. The second-order valence-electron chi connectivity index (χ2n) is 4.66. The van der Waals surface area contributed by atoms with E-state index in [0.29, 0.717) is 6.07 Å². The molecule has 2 nitrogen and oxygen atoms in total. The molecule has 18 heavy (non-hydrogen) atoms. The first-order valence-corrected chi connectivity index (χ1v) is 5.45. The number of hydrogen-bond acceptors (Lipinski definition) is 2. The zero-order valence-corrected chi connectivity index (χ0v) is 9.77. The number of alkyl halides is 2. The molecule has 1 aliphatic carbocycles. The van der Waals surface area contributed by atoms with Gasteiger partial charge in [0.1, 0.15) is 5.82 Å². The van der Waals surface area contributed by atoms with Crippen molar-refractivity contribution < 1.29 is 22.3 Å². The largest absolute Gasteiger partial charge is 0.493 e. The number of hydrogen-bond donors (Lipinski definition) is 1. The molecule has 2 N–H and O–H groups in total. The summed E-state index contributed by atoms with van der Waals surface area (Å²) >= 11 is 0. The van der Waals surface area contributed by atoms with Gasteiger partial charge in [0, 0.05) is 36.4 Å². The second-order valence-corrected chi connectivity index (χ2v) is 4.66. The Kier molecular flexibility index (Phi) is 3.01. The number of nitrogens with two attached hydrogens (primary N) is 1. The van der Waals surface area contributed by atoms with Crippen molar-refractivity contribution in [3.8, 4) is 5.75 Å². The minimum atomic E-state index is -2.84. The van der Waals surface area contributed by atoms with Crippen molar-refractivity contribution >= 4 is 0 Å². The summed E-state index contributed by atoms with van der Waals surface area (Å²) in [4.78, 5) is 0. The van der Waals surface area contributed by atoms with Crippen molar-refractivity contribution in [2.24, 2.45) is 5.73 Å². The molecular formula is C12H13F4NO. The molecule has 1 aromatic rings. The van der Waals surface area contributed by atoms with E-state index < -0.39 is 35.8 Å². The predicted molar refractivity (Wildman–Crippen MR) is 57.8 cm³/mol. The molecule has 0 spiro atoms. The minimum absolute atomic E-state index is 0.0796. The van der Waals surface area contributed by atoms with E-state index in [-0.39, 0.29) is 17.9 Å². The van der Waals surface area contributed by atoms with Crippen LogP contribution in [0.4, 0.5) is 17.6 Å². The highest BCUT2D eigenvalue weighted by Gasteiger charge is 2.57. The minimum Gasteiger partial charge on any atom is -0.493 e. The zero-order valence-electron chi connectivity index (χ0n) is 9.77. The summed E-state index contributed by atoms with van der Waals surface area (Å²) in [6.45, 7) is -0.109. The first-order valence-electron chi connectivity index (χ1n) is 5.45. The van der Waals surface area contributed by atoms with E-state index in [9.17, 15) is 17.6 Å². The van der Waals surface area contributed by atoms with Crippen LogP contribution in [0.15, 0.2) is 12.1 Å². The van der Waals surface area contributed by atoms with Crippen molar-refractivity contribution in [3.05, 3.63) is 29.3 Å². The molecular weight excluding hydrogens is 250 g/mol. The summed E-state index contributed by atoms with van der Waals surface area (Å²) < 4.78 is 57.7. The van der Waals surface area contributed by atoms with E-state index in [0.717, 1.165) is 6.07 Å². The molecule has 6 heteroatoms. The number of rotatable bonds is 3. The number of halogens is 4. The highest BCUT2D eigenvalue weighted by Crippen LogP contribution is 2.55. The summed E-state index contributed by atoms with van der Waals surface area (Å²) in [5.41, 5.74) is 4.48. The molecule has 1 aliphatic rings. The number of methoxy groups -OCH3 is 1. The van der Waals surface area contributed by atoms with Crippen molar-refractivity contribution in [1.29, 1.82) is 0 Å².